The van der Waals surface area contributed by atoms with Gasteiger partial charge in [-0.3, -0.25) is 4.79 Å². The number of nitrogens with zero attached hydrogens (tertiary/aromatic N) is 2. The minimum atomic E-state index is -0.234. The summed E-state index contributed by atoms with van der Waals surface area (Å²) >= 11 is 0. The van der Waals surface area contributed by atoms with Crippen LogP contribution in [0.5, 0.6) is 11.5 Å². The number of methoxy groups -OCH3 is 2. The molecule has 1 aliphatic heterocycles. The molecular weight excluding hydrogens is 347 g/mol. The maximum atomic E-state index is 13.9. The number of hydrogen-bond donors (Lipinski definition) is 0. The molecule has 0 unspecified atom stereocenters. The van der Waals surface area contributed by atoms with Crippen molar-refractivity contribution < 1.29 is 18.7 Å². The number of ether oxygens (including phenoxy) is 2. The van der Waals surface area contributed by atoms with Crippen molar-refractivity contribution in [3.8, 4) is 11.5 Å². The first-order chi connectivity index (χ1) is 13.1. The SMILES string of the molecule is COc1ccc(OC)c(/C=C/C(=O)N2CCN(c3ccccc3F)CC2)c1. The van der Waals surface area contributed by atoms with E-state index in [2.05, 4.69) is 0 Å². The number of amides is 1. The smallest absolute Gasteiger partial charge is 0.246 e. The van der Waals surface area contributed by atoms with Crippen LogP contribution in [0.2, 0.25) is 0 Å². The molecule has 2 aromatic rings. The van der Waals surface area contributed by atoms with Gasteiger partial charge in [0.2, 0.25) is 5.91 Å². The first-order valence-electron chi connectivity index (χ1n) is 8.81. The molecule has 0 aromatic heterocycles. The van der Waals surface area contributed by atoms with Gasteiger partial charge in [-0.2, -0.15) is 0 Å². The standard InChI is InChI=1S/C21H23FN2O3/c1-26-17-8-9-20(27-2)16(15-17)7-10-21(25)24-13-11-23(12-14-24)19-6-4-3-5-18(19)22/h3-10,15H,11-14H2,1-2H3/b10-7+. The van der Waals surface area contributed by atoms with E-state index in [0.29, 0.717) is 43.4 Å². The van der Waals surface area contributed by atoms with E-state index in [0.717, 1.165) is 5.56 Å². The van der Waals surface area contributed by atoms with E-state index in [1.165, 1.54) is 12.1 Å². The van der Waals surface area contributed by atoms with E-state index >= 15 is 0 Å². The zero-order chi connectivity index (χ0) is 19.2. The van der Waals surface area contributed by atoms with Crippen molar-refractivity contribution >= 4 is 17.7 Å². The number of halogens is 1. The van der Waals surface area contributed by atoms with Crippen LogP contribution in [0.15, 0.2) is 48.5 Å². The summed E-state index contributed by atoms with van der Waals surface area (Å²) in [6.45, 7) is 2.30. The third kappa shape index (κ3) is 4.39. The number of rotatable bonds is 5. The molecule has 0 bridgehead atoms. The Kier molecular flexibility index (Phi) is 5.96. The molecule has 3 rings (SSSR count). The van der Waals surface area contributed by atoms with Crippen LogP contribution in [0.4, 0.5) is 10.1 Å². The molecule has 0 aliphatic carbocycles. The van der Waals surface area contributed by atoms with Gasteiger partial charge >= 0.3 is 0 Å². The maximum Gasteiger partial charge on any atom is 0.246 e. The topological polar surface area (TPSA) is 42.0 Å². The summed E-state index contributed by atoms with van der Waals surface area (Å²) in [6.07, 6.45) is 3.27. The van der Waals surface area contributed by atoms with Gasteiger partial charge in [0, 0.05) is 37.8 Å². The number of piperazine rings is 1. The Morgan fingerprint density at radius 3 is 2.44 bits per heavy atom. The van der Waals surface area contributed by atoms with Crippen LogP contribution >= 0.6 is 0 Å². The molecule has 0 atom stereocenters. The molecule has 0 spiro atoms. The third-order valence-electron chi connectivity index (χ3n) is 4.63. The average molecular weight is 370 g/mol. The predicted octanol–water partition coefficient (Wildman–Crippen LogP) is 3.20. The average Bonchev–Trinajstić information content (AvgIpc) is 2.72. The molecule has 1 heterocycles. The number of benzene rings is 2. The number of para-hydroxylation sites is 1. The van der Waals surface area contributed by atoms with E-state index in [1.807, 2.05) is 17.0 Å². The second-order valence-corrected chi connectivity index (χ2v) is 6.20. The summed E-state index contributed by atoms with van der Waals surface area (Å²) in [6, 6.07) is 12.1. The van der Waals surface area contributed by atoms with Gasteiger partial charge in [0.05, 0.1) is 19.9 Å². The molecule has 6 heteroatoms. The predicted molar refractivity (Wildman–Crippen MR) is 104 cm³/mol. The highest BCUT2D eigenvalue weighted by Gasteiger charge is 2.21. The lowest BCUT2D eigenvalue weighted by Gasteiger charge is -2.35. The molecule has 0 saturated carbocycles. The fourth-order valence-corrected chi connectivity index (χ4v) is 3.11. The van der Waals surface area contributed by atoms with Crippen LogP contribution in [0.3, 0.4) is 0 Å². The Balaban J connectivity index is 1.63. The number of anilines is 1. The van der Waals surface area contributed by atoms with Crippen LogP contribution < -0.4 is 14.4 Å². The van der Waals surface area contributed by atoms with E-state index in [1.54, 1.807) is 49.5 Å². The molecular formula is C21H23FN2O3. The second kappa shape index (κ2) is 8.58. The van der Waals surface area contributed by atoms with Crippen molar-refractivity contribution in [3.05, 3.63) is 59.9 Å². The molecule has 27 heavy (non-hydrogen) atoms. The van der Waals surface area contributed by atoms with Gasteiger partial charge < -0.3 is 19.3 Å². The Labute approximate surface area is 158 Å². The fourth-order valence-electron chi connectivity index (χ4n) is 3.11. The molecule has 1 amide bonds. The summed E-state index contributed by atoms with van der Waals surface area (Å²) in [5, 5.41) is 0. The number of hydrogen-bond acceptors (Lipinski definition) is 4. The molecule has 1 aliphatic rings. The molecule has 1 saturated heterocycles. The normalized spacial score (nSPS) is 14.5. The first kappa shape index (κ1) is 18.8. The zero-order valence-electron chi connectivity index (χ0n) is 15.5. The van der Waals surface area contributed by atoms with Crippen LogP contribution in [-0.2, 0) is 4.79 Å². The van der Waals surface area contributed by atoms with Crippen LogP contribution in [-0.4, -0.2) is 51.2 Å². The molecule has 142 valence electrons. The van der Waals surface area contributed by atoms with Crippen molar-refractivity contribution in [2.24, 2.45) is 0 Å². The summed E-state index contributed by atoms with van der Waals surface area (Å²) < 4.78 is 24.5. The van der Waals surface area contributed by atoms with Crippen molar-refractivity contribution in [2.75, 3.05) is 45.3 Å². The van der Waals surface area contributed by atoms with Crippen molar-refractivity contribution in [3.63, 3.8) is 0 Å². The zero-order valence-corrected chi connectivity index (χ0v) is 15.5. The van der Waals surface area contributed by atoms with Crippen LogP contribution in [0.25, 0.3) is 6.08 Å². The summed E-state index contributed by atoms with van der Waals surface area (Å²) in [5.41, 5.74) is 1.36. The largest absolute Gasteiger partial charge is 0.497 e. The molecule has 2 aromatic carbocycles. The highest BCUT2D eigenvalue weighted by atomic mass is 19.1. The minimum Gasteiger partial charge on any atom is -0.497 e. The quantitative estimate of drug-likeness (QED) is 0.758. The first-order valence-corrected chi connectivity index (χ1v) is 8.81. The highest BCUT2D eigenvalue weighted by molar-refractivity contribution is 5.92. The van der Waals surface area contributed by atoms with Gasteiger partial charge in [0.15, 0.2) is 0 Å². The number of carbonyl (C=O) groups excluding carboxylic acids is 1. The molecule has 0 N–H and O–H groups in total. The highest BCUT2D eigenvalue weighted by Crippen LogP contribution is 2.25. The summed E-state index contributed by atoms with van der Waals surface area (Å²) in [5.74, 6) is 1.06. The van der Waals surface area contributed by atoms with E-state index in [-0.39, 0.29) is 11.7 Å². The Morgan fingerprint density at radius 1 is 1.04 bits per heavy atom. The maximum absolute atomic E-state index is 13.9. The van der Waals surface area contributed by atoms with Crippen LogP contribution in [0.1, 0.15) is 5.56 Å². The lowest BCUT2D eigenvalue weighted by Crippen LogP contribution is -2.48. The second-order valence-electron chi connectivity index (χ2n) is 6.20. The van der Waals surface area contributed by atoms with E-state index in [9.17, 15) is 9.18 Å². The fraction of sp³-hybridized carbons (Fsp3) is 0.286. The Bertz CT molecular complexity index is 830. The lowest BCUT2D eigenvalue weighted by molar-refractivity contribution is -0.126. The summed E-state index contributed by atoms with van der Waals surface area (Å²) in [7, 11) is 3.18. The molecule has 5 nitrogen and oxygen atoms in total. The van der Waals surface area contributed by atoms with Gasteiger partial charge in [-0.15, -0.1) is 0 Å². The van der Waals surface area contributed by atoms with Crippen molar-refractivity contribution in [1.82, 2.24) is 4.90 Å². The van der Waals surface area contributed by atoms with Crippen molar-refractivity contribution in [2.45, 2.75) is 0 Å². The molecule has 1 fully saturated rings. The minimum absolute atomic E-state index is 0.0759. The third-order valence-corrected chi connectivity index (χ3v) is 4.63. The Morgan fingerprint density at radius 2 is 1.78 bits per heavy atom. The van der Waals surface area contributed by atoms with Gasteiger partial charge in [-0.05, 0) is 36.4 Å². The monoisotopic (exact) mass is 370 g/mol. The number of carbonyl (C=O) groups is 1. The van der Waals surface area contributed by atoms with Crippen molar-refractivity contribution in [1.29, 1.82) is 0 Å². The van der Waals surface area contributed by atoms with Crippen LogP contribution in [0, 0.1) is 5.82 Å². The van der Waals surface area contributed by atoms with Gasteiger partial charge in [0.1, 0.15) is 17.3 Å². The lowest BCUT2D eigenvalue weighted by atomic mass is 10.1. The summed E-state index contributed by atoms with van der Waals surface area (Å²) in [4.78, 5) is 16.2. The van der Waals surface area contributed by atoms with Gasteiger partial charge in [0.25, 0.3) is 0 Å². The van der Waals surface area contributed by atoms with Gasteiger partial charge in [-0.1, -0.05) is 12.1 Å². The van der Waals surface area contributed by atoms with Gasteiger partial charge in [-0.25, -0.2) is 4.39 Å². The Hall–Kier alpha value is -3.02. The molecule has 0 radical (unpaired) electrons. The van der Waals surface area contributed by atoms with E-state index in [4.69, 9.17) is 9.47 Å². The van der Waals surface area contributed by atoms with E-state index < -0.39 is 0 Å².